The maximum absolute atomic E-state index is 5.82. The fourth-order valence-corrected chi connectivity index (χ4v) is 2.25. The summed E-state index contributed by atoms with van der Waals surface area (Å²) >= 11 is 0. The lowest BCUT2D eigenvalue weighted by Gasteiger charge is -2.25. The lowest BCUT2D eigenvalue weighted by Crippen LogP contribution is -2.26. The molecule has 0 radical (unpaired) electrons. The van der Waals surface area contributed by atoms with E-state index in [1.165, 1.54) is 5.56 Å². The van der Waals surface area contributed by atoms with Gasteiger partial charge in [-0.2, -0.15) is 0 Å². The molecule has 1 heterocycles. The zero-order chi connectivity index (χ0) is 13.5. The molecule has 0 saturated carbocycles. The monoisotopic (exact) mass is 261 g/mol. The van der Waals surface area contributed by atoms with E-state index in [4.69, 9.17) is 9.47 Å². The van der Waals surface area contributed by atoms with Crippen molar-refractivity contribution in [2.45, 2.75) is 32.2 Å². The third-order valence-electron chi connectivity index (χ3n) is 3.29. The average molecular weight is 261 g/mol. The second kappa shape index (κ2) is 7.19. The highest BCUT2D eigenvalue weighted by molar-refractivity contribution is 5.32. The molecule has 0 spiro atoms. The minimum Gasteiger partial charge on any atom is -0.497 e. The summed E-state index contributed by atoms with van der Waals surface area (Å²) < 4.78 is 11.0. The molecule has 0 amide bonds. The standard InChI is InChI=1S/C16H23NO2/c1-3-11-17-16(15-6-4-5-12-19-15)13-7-9-14(18-2)10-8-13/h6-10,16-17H,3-5,11-12H2,1-2H3. The van der Waals surface area contributed by atoms with Crippen molar-refractivity contribution in [2.75, 3.05) is 20.3 Å². The molecule has 1 unspecified atom stereocenters. The Morgan fingerprint density at radius 1 is 1.32 bits per heavy atom. The lowest BCUT2D eigenvalue weighted by molar-refractivity contribution is 0.167. The van der Waals surface area contributed by atoms with Crippen molar-refractivity contribution in [3.8, 4) is 5.75 Å². The molecule has 1 aliphatic heterocycles. The Morgan fingerprint density at radius 3 is 2.68 bits per heavy atom. The van der Waals surface area contributed by atoms with Crippen LogP contribution < -0.4 is 10.1 Å². The average Bonchev–Trinajstić information content (AvgIpc) is 2.49. The van der Waals surface area contributed by atoms with Gasteiger partial charge in [0, 0.05) is 0 Å². The number of hydrogen-bond acceptors (Lipinski definition) is 3. The van der Waals surface area contributed by atoms with Crippen molar-refractivity contribution in [1.82, 2.24) is 5.32 Å². The van der Waals surface area contributed by atoms with Gasteiger partial charge in [0.15, 0.2) is 0 Å². The van der Waals surface area contributed by atoms with E-state index in [0.29, 0.717) is 0 Å². The van der Waals surface area contributed by atoms with Gasteiger partial charge in [-0.05, 0) is 49.6 Å². The van der Waals surface area contributed by atoms with E-state index >= 15 is 0 Å². The van der Waals surface area contributed by atoms with E-state index in [2.05, 4.69) is 30.4 Å². The topological polar surface area (TPSA) is 30.5 Å². The van der Waals surface area contributed by atoms with E-state index in [9.17, 15) is 0 Å². The van der Waals surface area contributed by atoms with Crippen LogP contribution in [0.25, 0.3) is 0 Å². The van der Waals surface area contributed by atoms with Crippen molar-refractivity contribution in [3.63, 3.8) is 0 Å². The number of rotatable bonds is 6. The lowest BCUT2D eigenvalue weighted by atomic mass is 10.0. The van der Waals surface area contributed by atoms with E-state index in [1.54, 1.807) is 7.11 Å². The molecule has 0 aliphatic carbocycles. The fraction of sp³-hybridized carbons (Fsp3) is 0.500. The van der Waals surface area contributed by atoms with Crippen LogP contribution in [0.2, 0.25) is 0 Å². The first-order valence-corrected chi connectivity index (χ1v) is 7.05. The molecule has 2 rings (SSSR count). The first-order chi connectivity index (χ1) is 9.35. The smallest absolute Gasteiger partial charge is 0.118 e. The van der Waals surface area contributed by atoms with Gasteiger partial charge in [-0.1, -0.05) is 19.1 Å². The zero-order valence-electron chi connectivity index (χ0n) is 11.8. The van der Waals surface area contributed by atoms with Gasteiger partial charge in [0.2, 0.25) is 0 Å². The molecule has 0 fully saturated rings. The van der Waals surface area contributed by atoms with Crippen LogP contribution in [0, 0.1) is 0 Å². The van der Waals surface area contributed by atoms with E-state index in [1.807, 2.05) is 12.1 Å². The normalized spacial score (nSPS) is 16.4. The Bertz CT molecular complexity index is 411. The minimum absolute atomic E-state index is 0.158. The molecular weight excluding hydrogens is 238 g/mol. The highest BCUT2D eigenvalue weighted by Crippen LogP contribution is 2.27. The SMILES string of the molecule is CCCNC(C1=CCCCO1)c1ccc(OC)cc1. The summed E-state index contributed by atoms with van der Waals surface area (Å²) in [5.74, 6) is 1.95. The van der Waals surface area contributed by atoms with Crippen LogP contribution in [0.15, 0.2) is 36.1 Å². The number of allylic oxidation sites excluding steroid dienone is 1. The highest BCUT2D eigenvalue weighted by Gasteiger charge is 2.19. The third kappa shape index (κ3) is 3.74. The van der Waals surface area contributed by atoms with Gasteiger partial charge >= 0.3 is 0 Å². The summed E-state index contributed by atoms with van der Waals surface area (Å²) in [6.07, 6.45) is 5.55. The molecule has 1 atom stereocenters. The summed E-state index contributed by atoms with van der Waals surface area (Å²) in [5.41, 5.74) is 1.22. The molecule has 3 nitrogen and oxygen atoms in total. The predicted molar refractivity (Wildman–Crippen MR) is 77.3 cm³/mol. The van der Waals surface area contributed by atoms with Crippen molar-refractivity contribution < 1.29 is 9.47 Å². The zero-order valence-corrected chi connectivity index (χ0v) is 11.8. The largest absolute Gasteiger partial charge is 0.497 e. The molecule has 104 valence electrons. The summed E-state index contributed by atoms with van der Waals surface area (Å²) in [7, 11) is 1.69. The summed E-state index contributed by atoms with van der Waals surface area (Å²) in [6.45, 7) is 3.98. The maximum atomic E-state index is 5.82. The quantitative estimate of drug-likeness (QED) is 0.851. The first kappa shape index (κ1) is 13.9. The van der Waals surface area contributed by atoms with Gasteiger partial charge in [-0.3, -0.25) is 0 Å². The van der Waals surface area contributed by atoms with Gasteiger partial charge in [0.25, 0.3) is 0 Å². The van der Waals surface area contributed by atoms with Crippen molar-refractivity contribution in [2.24, 2.45) is 0 Å². The van der Waals surface area contributed by atoms with Crippen LogP contribution in [0.1, 0.15) is 37.8 Å². The van der Waals surface area contributed by atoms with Gasteiger partial charge in [-0.15, -0.1) is 0 Å². The Kier molecular flexibility index (Phi) is 5.28. The minimum atomic E-state index is 0.158. The third-order valence-corrected chi connectivity index (χ3v) is 3.29. The summed E-state index contributed by atoms with van der Waals surface area (Å²) in [6, 6.07) is 8.36. The molecule has 0 aromatic heterocycles. The van der Waals surface area contributed by atoms with Crippen LogP contribution >= 0.6 is 0 Å². The summed E-state index contributed by atoms with van der Waals surface area (Å²) in [5, 5.41) is 3.56. The number of ether oxygens (including phenoxy) is 2. The first-order valence-electron chi connectivity index (χ1n) is 7.05. The number of benzene rings is 1. The summed E-state index contributed by atoms with van der Waals surface area (Å²) in [4.78, 5) is 0. The second-order valence-corrected chi connectivity index (χ2v) is 4.76. The molecule has 1 aromatic rings. The number of hydrogen-bond donors (Lipinski definition) is 1. The number of methoxy groups -OCH3 is 1. The predicted octanol–water partition coefficient (Wildman–Crippen LogP) is 3.43. The van der Waals surface area contributed by atoms with E-state index in [0.717, 1.165) is 43.9 Å². The molecule has 0 saturated heterocycles. The molecule has 0 bridgehead atoms. The van der Waals surface area contributed by atoms with Crippen LogP contribution in [0.3, 0.4) is 0 Å². The van der Waals surface area contributed by atoms with Gasteiger partial charge in [0.05, 0.1) is 19.8 Å². The van der Waals surface area contributed by atoms with Crippen LogP contribution in [0.5, 0.6) is 5.75 Å². The Balaban J connectivity index is 2.17. The van der Waals surface area contributed by atoms with Crippen molar-refractivity contribution in [3.05, 3.63) is 41.7 Å². The molecule has 1 N–H and O–H groups in total. The molecule has 3 heteroatoms. The van der Waals surface area contributed by atoms with Crippen molar-refractivity contribution >= 4 is 0 Å². The van der Waals surface area contributed by atoms with Crippen LogP contribution in [-0.2, 0) is 4.74 Å². The molecule has 1 aliphatic rings. The van der Waals surface area contributed by atoms with E-state index < -0.39 is 0 Å². The van der Waals surface area contributed by atoms with Gasteiger partial charge < -0.3 is 14.8 Å². The van der Waals surface area contributed by atoms with Gasteiger partial charge in [-0.25, -0.2) is 0 Å². The molecular formula is C16H23NO2. The van der Waals surface area contributed by atoms with Gasteiger partial charge in [0.1, 0.15) is 11.5 Å². The number of nitrogens with one attached hydrogen (secondary N) is 1. The van der Waals surface area contributed by atoms with Crippen molar-refractivity contribution in [1.29, 1.82) is 0 Å². The maximum Gasteiger partial charge on any atom is 0.118 e. The molecule has 1 aromatic carbocycles. The fourth-order valence-electron chi connectivity index (χ4n) is 2.25. The Hall–Kier alpha value is -1.48. The van der Waals surface area contributed by atoms with E-state index in [-0.39, 0.29) is 6.04 Å². The Labute approximate surface area is 115 Å². The van der Waals surface area contributed by atoms with Crippen LogP contribution in [0.4, 0.5) is 0 Å². The molecule has 19 heavy (non-hydrogen) atoms. The highest BCUT2D eigenvalue weighted by atomic mass is 16.5. The second-order valence-electron chi connectivity index (χ2n) is 4.76. The van der Waals surface area contributed by atoms with Crippen LogP contribution in [-0.4, -0.2) is 20.3 Å². The Morgan fingerprint density at radius 2 is 2.11 bits per heavy atom.